The summed E-state index contributed by atoms with van der Waals surface area (Å²) in [6.45, 7) is 11.3. The first-order valence-corrected chi connectivity index (χ1v) is 11.4. The normalized spacial score (nSPS) is 12.3. The zero-order valence-electron chi connectivity index (χ0n) is 20.8. The zero-order valence-corrected chi connectivity index (χ0v) is 20.8. The van der Waals surface area contributed by atoms with Crippen molar-refractivity contribution in [2.24, 2.45) is 0 Å². The average molecular weight is 478 g/mol. The number of benzene rings is 2. The van der Waals surface area contributed by atoms with Crippen LogP contribution in [0.2, 0.25) is 0 Å². The van der Waals surface area contributed by atoms with Crippen LogP contribution in [0.15, 0.2) is 53.3 Å². The Morgan fingerprint density at radius 3 is 2.03 bits per heavy atom. The fourth-order valence-corrected chi connectivity index (χ4v) is 3.48. The molecule has 0 bridgehead atoms. The highest BCUT2D eigenvalue weighted by atomic mass is 16.2. The number of hydrazine groups is 1. The molecule has 1 heterocycles. The van der Waals surface area contributed by atoms with E-state index < -0.39 is 23.8 Å². The van der Waals surface area contributed by atoms with Gasteiger partial charge in [0, 0.05) is 10.9 Å². The van der Waals surface area contributed by atoms with Crippen LogP contribution in [-0.4, -0.2) is 33.5 Å². The Morgan fingerprint density at radius 2 is 1.46 bits per heavy atom. The second-order valence-corrected chi connectivity index (χ2v) is 9.70. The van der Waals surface area contributed by atoms with Crippen LogP contribution in [0.4, 0.5) is 0 Å². The third-order valence-electron chi connectivity index (χ3n) is 5.59. The van der Waals surface area contributed by atoms with E-state index >= 15 is 0 Å². The smallest absolute Gasteiger partial charge is 0.290 e. The van der Waals surface area contributed by atoms with Gasteiger partial charge >= 0.3 is 0 Å². The molecule has 0 saturated heterocycles. The van der Waals surface area contributed by atoms with Gasteiger partial charge in [-0.15, -0.1) is 0 Å². The average Bonchev–Trinajstić information content (AvgIpc) is 2.81. The van der Waals surface area contributed by atoms with E-state index in [1.165, 1.54) is 11.6 Å². The predicted octanol–water partition coefficient (Wildman–Crippen LogP) is 2.85. The summed E-state index contributed by atoms with van der Waals surface area (Å²) < 4.78 is 1.23. The minimum absolute atomic E-state index is 0.00447. The fourth-order valence-electron chi connectivity index (χ4n) is 3.48. The molecular formula is C26H31N5O4. The Morgan fingerprint density at radius 1 is 0.857 bits per heavy atom. The molecule has 3 aromatic rings. The van der Waals surface area contributed by atoms with E-state index in [0.717, 1.165) is 5.56 Å². The number of fused-ring (bicyclic) bond motifs is 1. The highest BCUT2D eigenvalue weighted by molar-refractivity contribution is 6.05. The quantitative estimate of drug-likeness (QED) is 0.488. The summed E-state index contributed by atoms with van der Waals surface area (Å²) >= 11 is 0. The van der Waals surface area contributed by atoms with Crippen molar-refractivity contribution in [2.45, 2.75) is 59.0 Å². The van der Waals surface area contributed by atoms with Crippen molar-refractivity contribution < 1.29 is 14.4 Å². The van der Waals surface area contributed by atoms with Crippen LogP contribution >= 0.6 is 0 Å². The number of aromatic nitrogens is 2. The lowest BCUT2D eigenvalue weighted by molar-refractivity contribution is -0.123. The molecular weight excluding hydrogens is 446 g/mol. The molecule has 0 saturated carbocycles. The van der Waals surface area contributed by atoms with Gasteiger partial charge in [-0.2, -0.15) is 5.10 Å². The molecule has 2 aromatic carbocycles. The first-order valence-electron chi connectivity index (χ1n) is 11.4. The highest BCUT2D eigenvalue weighted by Crippen LogP contribution is 2.22. The zero-order chi connectivity index (χ0) is 25.9. The van der Waals surface area contributed by atoms with Crippen molar-refractivity contribution in [1.29, 1.82) is 0 Å². The molecule has 184 valence electrons. The number of rotatable bonds is 5. The lowest BCUT2D eigenvalue weighted by Gasteiger charge is -2.19. The van der Waals surface area contributed by atoms with Gasteiger partial charge in [-0.3, -0.25) is 30.0 Å². The van der Waals surface area contributed by atoms with Crippen LogP contribution in [0.25, 0.3) is 10.8 Å². The van der Waals surface area contributed by atoms with Crippen LogP contribution < -0.4 is 21.7 Å². The highest BCUT2D eigenvalue weighted by Gasteiger charge is 2.21. The fraction of sp³-hybridized carbons (Fsp3) is 0.346. The second kappa shape index (κ2) is 10.1. The molecule has 0 aliphatic heterocycles. The number of amides is 3. The van der Waals surface area contributed by atoms with E-state index in [1.54, 1.807) is 50.2 Å². The van der Waals surface area contributed by atoms with E-state index in [-0.39, 0.29) is 22.7 Å². The van der Waals surface area contributed by atoms with Gasteiger partial charge in [0.25, 0.3) is 23.3 Å². The van der Waals surface area contributed by atoms with E-state index in [2.05, 4.69) is 42.0 Å². The van der Waals surface area contributed by atoms with Crippen molar-refractivity contribution in [3.8, 4) is 0 Å². The number of nitrogens with zero attached hydrogens (tertiary/aromatic N) is 2. The SMILES string of the molecule is CC(C)n1nc(C(=O)NNC(=O)[C@H](C)NC(=O)c2ccc(C(C)(C)C)cc2)c2ccccc2c1=O. The van der Waals surface area contributed by atoms with Crippen molar-refractivity contribution in [3.05, 3.63) is 75.7 Å². The molecule has 0 fully saturated rings. The standard InChI is InChI=1S/C26H31N5O4/c1-15(2)31-25(35)20-10-8-7-9-19(20)21(30-31)24(34)29-28-22(32)16(3)27-23(33)17-11-13-18(14-12-17)26(4,5)6/h7-16H,1-6H3,(H,27,33)(H,28,32)(H,29,34)/t16-/m0/s1. The molecule has 35 heavy (non-hydrogen) atoms. The van der Waals surface area contributed by atoms with Gasteiger partial charge in [-0.05, 0) is 49.9 Å². The lowest BCUT2D eigenvalue weighted by Crippen LogP contribution is -2.51. The third-order valence-corrected chi connectivity index (χ3v) is 5.59. The van der Waals surface area contributed by atoms with E-state index in [1.807, 2.05) is 12.1 Å². The summed E-state index contributed by atoms with van der Waals surface area (Å²) in [5, 5.41) is 7.55. The van der Waals surface area contributed by atoms with Crippen LogP contribution in [0, 0.1) is 0 Å². The van der Waals surface area contributed by atoms with Crippen LogP contribution in [0.3, 0.4) is 0 Å². The van der Waals surface area contributed by atoms with Crippen LogP contribution in [0.5, 0.6) is 0 Å². The first kappa shape index (κ1) is 25.6. The van der Waals surface area contributed by atoms with Gasteiger partial charge in [0.2, 0.25) is 0 Å². The minimum Gasteiger partial charge on any atom is -0.340 e. The Labute approximate surface area is 203 Å². The van der Waals surface area contributed by atoms with E-state index in [9.17, 15) is 19.2 Å². The Balaban J connectivity index is 1.68. The summed E-state index contributed by atoms with van der Waals surface area (Å²) in [7, 11) is 0. The molecule has 0 radical (unpaired) electrons. The largest absolute Gasteiger partial charge is 0.340 e. The molecule has 1 atom stereocenters. The van der Waals surface area contributed by atoms with Gasteiger partial charge in [0.05, 0.1) is 11.4 Å². The molecule has 9 heteroatoms. The number of carbonyl (C=O) groups is 3. The molecule has 1 aromatic heterocycles. The summed E-state index contributed by atoms with van der Waals surface area (Å²) in [5.41, 5.74) is 5.82. The Hall–Kier alpha value is -4.01. The van der Waals surface area contributed by atoms with Crippen LogP contribution in [0.1, 0.15) is 74.0 Å². The van der Waals surface area contributed by atoms with Crippen molar-refractivity contribution in [3.63, 3.8) is 0 Å². The molecule has 9 nitrogen and oxygen atoms in total. The van der Waals surface area contributed by atoms with Crippen molar-refractivity contribution >= 4 is 28.5 Å². The maximum atomic E-state index is 12.8. The van der Waals surface area contributed by atoms with Gasteiger partial charge < -0.3 is 5.32 Å². The summed E-state index contributed by atoms with van der Waals surface area (Å²) in [6.07, 6.45) is 0. The number of hydrogen-bond acceptors (Lipinski definition) is 5. The maximum absolute atomic E-state index is 12.8. The molecule has 0 aliphatic carbocycles. The summed E-state index contributed by atoms with van der Waals surface area (Å²) in [4.78, 5) is 50.5. The summed E-state index contributed by atoms with van der Waals surface area (Å²) in [5.74, 6) is -1.70. The number of nitrogens with one attached hydrogen (secondary N) is 3. The summed E-state index contributed by atoms with van der Waals surface area (Å²) in [6, 6.07) is 12.7. The molecule has 0 aliphatic rings. The molecule has 0 spiro atoms. The lowest BCUT2D eigenvalue weighted by atomic mass is 9.86. The molecule has 3 N–H and O–H groups in total. The predicted molar refractivity (Wildman–Crippen MR) is 134 cm³/mol. The van der Waals surface area contributed by atoms with Gasteiger partial charge in [0.15, 0.2) is 5.69 Å². The second-order valence-electron chi connectivity index (χ2n) is 9.70. The molecule has 0 unspecified atom stereocenters. The Bertz CT molecular complexity index is 1320. The third kappa shape index (κ3) is 5.74. The monoisotopic (exact) mass is 477 g/mol. The van der Waals surface area contributed by atoms with Gasteiger partial charge in [0.1, 0.15) is 6.04 Å². The first-order chi connectivity index (χ1) is 16.4. The van der Waals surface area contributed by atoms with Crippen LogP contribution in [-0.2, 0) is 10.2 Å². The van der Waals surface area contributed by atoms with Crippen molar-refractivity contribution in [1.82, 2.24) is 25.9 Å². The minimum atomic E-state index is -0.917. The number of hydrogen-bond donors (Lipinski definition) is 3. The molecule has 3 rings (SSSR count). The van der Waals surface area contributed by atoms with E-state index in [4.69, 9.17) is 0 Å². The van der Waals surface area contributed by atoms with E-state index in [0.29, 0.717) is 16.3 Å². The molecule has 3 amide bonds. The van der Waals surface area contributed by atoms with Gasteiger partial charge in [-0.1, -0.05) is 51.1 Å². The maximum Gasteiger partial charge on any atom is 0.290 e. The van der Waals surface area contributed by atoms with Crippen molar-refractivity contribution in [2.75, 3.05) is 0 Å². The number of carbonyl (C=O) groups excluding carboxylic acids is 3. The topological polar surface area (TPSA) is 122 Å². The Kier molecular flexibility index (Phi) is 7.38. The van der Waals surface area contributed by atoms with Gasteiger partial charge in [-0.25, -0.2) is 4.68 Å².